The molecule has 98 valence electrons. The molecule has 1 amide bonds. The van der Waals surface area contributed by atoms with Gasteiger partial charge in [0.15, 0.2) is 0 Å². The van der Waals surface area contributed by atoms with Gasteiger partial charge in [0.25, 0.3) is 5.91 Å². The Balaban J connectivity index is 1.83. The molecule has 2 rings (SSSR count). The Morgan fingerprint density at radius 3 is 2.67 bits per heavy atom. The molecule has 1 fully saturated rings. The highest BCUT2D eigenvalue weighted by Crippen LogP contribution is 2.20. The number of carbonyl (C=O) groups is 1. The van der Waals surface area contributed by atoms with Crippen LogP contribution in [-0.2, 0) is 0 Å². The fourth-order valence-electron chi connectivity index (χ4n) is 2.25. The van der Waals surface area contributed by atoms with Crippen molar-refractivity contribution < 1.29 is 9.69 Å². The van der Waals surface area contributed by atoms with E-state index in [0.717, 1.165) is 6.54 Å². The molecule has 0 radical (unpaired) electrons. The first-order valence-corrected chi connectivity index (χ1v) is 6.99. The molecular formula is C13H17Cl2N2O+. The molecule has 3 nitrogen and oxygen atoms in total. The van der Waals surface area contributed by atoms with Crippen LogP contribution in [0.3, 0.4) is 0 Å². The molecule has 18 heavy (non-hydrogen) atoms. The standard InChI is InChI=1S/C13H16Cl2N2O/c14-10-3-4-11(12(15)9-10)13(18)16-5-8-17-6-1-2-7-17/h3-4,9H,1-2,5-8H2,(H,16,18)/p+1. The Kier molecular flexibility index (Phi) is 4.87. The van der Waals surface area contributed by atoms with Crippen LogP contribution < -0.4 is 10.2 Å². The third-order valence-corrected chi connectivity index (χ3v) is 3.80. The lowest BCUT2D eigenvalue weighted by Crippen LogP contribution is -3.10. The minimum absolute atomic E-state index is 0.129. The van der Waals surface area contributed by atoms with Crippen molar-refractivity contribution in [2.75, 3.05) is 26.2 Å². The summed E-state index contributed by atoms with van der Waals surface area (Å²) in [6, 6.07) is 4.92. The van der Waals surface area contributed by atoms with Gasteiger partial charge in [-0.05, 0) is 18.2 Å². The minimum Gasteiger partial charge on any atom is -0.346 e. The van der Waals surface area contributed by atoms with Crippen LogP contribution in [0.25, 0.3) is 0 Å². The van der Waals surface area contributed by atoms with Crippen molar-refractivity contribution in [3.8, 4) is 0 Å². The van der Waals surface area contributed by atoms with Gasteiger partial charge >= 0.3 is 0 Å². The van der Waals surface area contributed by atoms with E-state index in [0.29, 0.717) is 22.2 Å². The molecule has 1 aliphatic rings. The summed E-state index contributed by atoms with van der Waals surface area (Å²) in [5.74, 6) is -0.129. The van der Waals surface area contributed by atoms with Crippen molar-refractivity contribution in [2.24, 2.45) is 0 Å². The highest BCUT2D eigenvalue weighted by molar-refractivity contribution is 6.36. The molecular weight excluding hydrogens is 271 g/mol. The molecule has 1 saturated heterocycles. The molecule has 0 spiro atoms. The number of benzene rings is 1. The lowest BCUT2D eigenvalue weighted by atomic mass is 10.2. The van der Waals surface area contributed by atoms with Gasteiger partial charge in [0, 0.05) is 17.9 Å². The van der Waals surface area contributed by atoms with Crippen LogP contribution in [0.2, 0.25) is 10.0 Å². The average molecular weight is 288 g/mol. The summed E-state index contributed by atoms with van der Waals surface area (Å²) in [7, 11) is 0. The third kappa shape index (κ3) is 3.61. The zero-order valence-corrected chi connectivity index (χ0v) is 11.7. The van der Waals surface area contributed by atoms with E-state index in [1.165, 1.54) is 25.9 Å². The SMILES string of the molecule is O=C(NCC[NH+]1CCCC1)c1ccc(Cl)cc1Cl. The van der Waals surface area contributed by atoms with E-state index in [-0.39, 0.29) is 5.91 Å². The maximum Gasteiger partial charge on any atom is 0.253 e. The van der Waals surface area contributed by atoms with Crippen LogP contribution >= 0.6 is 23.2 Å². The largest absolute Gasteiger partial charge is 0.346 e. The predicted molar refractivity (Wildman–Crippen MR) is 73.6 cm³/mol. The quantitative estimate of drug-likeness (QED) is 0.863. The maximum absolute atomic E-state index is 11.9. The van der Waals surface area contributed by atoms with Gasteiger partial charge < -0.3 is 10.2 Å². The first-order valence-electron chi connectivity index (χ1n) is 6.23. The predicted octanol–water partition coefficient (Wildman–Crippen LogP) is 1.40. The van der Waals surface area contributed by atoms with Crippen molar-refractivity contribution in [3.05, 3.63) is 33.8 Å². The second-order valence-corrected chi connectivity index (χ2v) is 5.43. The number of amides is 1. The van der Waals surface area contributed by atoms with E-state index < -0.39 is 0 Å². The van der Waals surface area contributed by atoms with Crippen LogP contribution in [-0.4, -0.2) is 32.1 Å². The van der Waals surface area contributed by atoms with Gasteiger partial charge in [-0.25, -0.2) is 0 Å². The van der Waals surface area contributed by atoms with E-state index >= 15 is 0 Å². The molecule has 5 heteroatoms. The second-order valence-electron chi connectivity index (χ2n) is 4.59. The first-order chi connectivity index (χ1) is 8.66. The van der Waals surface area contributed by atoms with Gasteiger partial charge in [0.1, 0.15) is 0 Å². The average Bonchev–Trinajstić information content (AvgIpc) is 2.81. The topological polar surface area (TPSA) is 33.5 Å². The molecule has 0 atom stereocenters. The molecule has 1 aliphatic heterocycles. The Morgan fingerprint density at radius 2 is 2.00 bits per heavy atom. The number of likely N-dealkylation sites (tertiary alicyclic amines) is 1. The van der Waals surface area contributed by atoms with Crippen LogP contribution in [0, 0.1) is 0 Å². The molecule has 0 bridgehead atoms. The number of hydrogen-bond donors (Lipinski definition) is 2. The van der Waals surface area contributed by atoms with Crippen LogP contribution in [0.15, 0.2) is 18.2 Å². The summed E-state index contributed by atoms with van der Waals surface area (Å²) in [4.78, 5) is 13.5. The molecule has 0 aromatic heterocycles. The monoisotopic (exact) mass is 287 g/mol. The zero-order valence-electron chi connectivity index (χ0n) is 10.1. The summed E-state index contributed by atoms with van der Waals surface area (Å²) in [6.07, 6.45) is 2.60. The fourth-order valence-corrected chi connectivity index (χ4v) is 2.74. The van der Waals surface area contributed by atoms with Crippen molar-refractivity contribution in [1.82, 2.24) is 5.32 Å². The zero-order chi connectivity index (χ0) is 13.0. The number of quaternary nitrogens is 1. The normalized spacial score (nSPS) is 15.9. The van der Waals surface area contributed by atoms with E-state index in [4.69, 9.17) is 23.2 Å². The van der Waals surface area contributed by atoms with Crippen molar-refractivity contribution in [2.45, 2.75) is 12.8 Å². The van der Waals surface area contributed by atoms with Crippen LogP contribution in [0.5, 0.6) is 0 Å². The molecule has 1 aromatic carbocycles. The smallest absolute Gasteiger partial charge is 0.253 e. The van der Waals surface area contributed by atoms with Crippen molar-refractivity contribution in [1.29, 1.82) is 0 Å². The summed E-state index contributed by atoms with van der Waals surface area (Å²) >= 11 is 11.8. The summed E-state index contributed by atoms with van der Waals surface area (Å²) < 4.78 is 0. The Labute approximate surface area is 117 Å². The van der Waals surface area contributed by atoms with E-state index in [9.17, 15) is 4.79 Å². The van der Waals surface area contributed by atoms with Crippen molar-refractivity contribution in [3.63, 3.8) is 0 Å². The maximum atomic E-state index is 11.9. The molecule has 0 aliphatic carbocycles. The number of nitrogens with one attached hydrogen (secondary N) is 2. The fraction of sp³-hybridized carbons (Fsp3) is 0.462. The summed E-state index contributed by atoms with van der Waals surface area (Å²) in [5, 5.41) is 3.84. The van der Waals surface area contributed by atoms with E-state index in [2.05, 4.69) is 5.32 Å². The van der Waals surface area contributed by atoms with Gasteiger partial charge in [-0.3, -0.25) is 4.79 Å². The molecule has 0 unspecified atom stereocenters. The van der Waals surface area contributed by atoms with E-state index in [1.54, 1.807) is 23.1 Å². The van der Waals surface area contributed by atoms with Gasteiger partial charge in [-0.2, -0.15) is 0 Å². The van der Waals surface area contributed by atoms with Gasteiger partial charge in [-0.15, -0.1) is 0 Å². The number of rotatable bonds is 4. The third-order valence-electron chi connectivity index (χ3n) is 3.25. The first kappa shape index (κ1) is 13.7. The highest BCUT2D eigenvalue weighted by atomic mass is 35.5. The highest BCUT2D eigenvalue weighted by Gasteiger charge is 2.15. The molecule has 1 heterocycles. The van der Waals surface area contributed by atoms with Gasteiger partial charge in [0.2, 0.25) is 0 Å². The summed E-state index contributed by atoms with van der Waals surface area (Å²) in [6.45, 7) is 4.11. The Hall–Kier alpha value is -0.770. The Bertz CT molecular complexity index is 431. The van der Waals surface area contributed by atoms with Crippen LogP contribution in [0.1, 0.15) is 23.2 Å². The lowest BCUT2D eigenvalue weighted by molar-refractivity contribution is -0.886. The lowest BCUT2D eigenvalue weighted by Gasteiger charge is -2.12. The minimum atomic E-state index is -0.129. The van der Waals surface area contributed by atoms with Gasteiger partial charge in [-0.1, -0.05) is 23.2 Å². The molecule has 0 saturated carbocycles. The summed E-state index contributed by atoms with van der Waals surface area (Å²) in [5.41, 5.74) is 0.484. The number of carbonyl (C=O) groups excluding carboxylic acids is 1. The second kappa shape index (κ2) is 6.41. The number of halogens is 2. The Morgan fingerprint density at radius 1 is 1.28 bits per heavy atom. The van der Waals surface area contributed by atoms with E-state index in [1.807, 2.05) is 0 Å². The van der Waals surface area contributed by atoms with Crippen molar-refractivity contribution >= 4 is 29.1 Å². The number of hydrogen-bond acceptors (Lipinski definition) is 1. The molecule has 2 N–H and O–H groups in total. The van der Waals surface area contributed by atoms with Gasteiger partial charge in [0.05, 0.1) is 36.8 Å². The molecule has 1 aromatic rings. The van der Waals surface area contributed by atoms with Crippen LogP contribution in [0.4, 0.5) is 0 Å².